The fourth-order valence-corrected chi connectivity index (χ4v) is 2.90. The highest BCUT2D eigenvalue weighted by Crippen LogP contribution is 2.20. The number of ether oxygens (including phenoxy) is 2. The molecule has 0 aliphatic carbocycles. The Morgan fingerprint density at radius 2 is 2.00 bits per heavy atom. The second-order valence-corrected chi connectivity index (χ2v) is 5.85. The number of rotatable bonds is 3. The highest BCUT2D eigenvalue weighted by molar-refractivity contribution is 7.89. The van der Waals surface area contributed by atoms with Crippen LogP contribution in [-0.2, 0) is 19.5 Å². The van der Waals surface area contributed by atoms with Gasteiger partial charge in [0.05, 0.1) is 11.4 Å². The Morgan fingerprint density at radius 1 is 1.35 bits per heavy atom. The molecule has 0 saturated carbocycles. The zero-order valence-electron chi connectivity index (χ0n) is 9.79. The van der Waals surface area contributed by atoms with E-state index in [0.717, 1.165) is 5.56 Å². The molecule has 0 spiro atoms. The van der Waals surface area contributed by atoms with E-state index in [1.165, 1.54) is 11.4 Å². The van der Waals surface area contributed by atoms with E-state index < -0.39 is 16.3 Å². The SMILES string of the molecule is COC1CN(S(=O)(=O)c2ccc(C)cc2)CO1. The summed E-state index contributed by atoms with van der Waals surface area (Å²) in [6, 6.07) is 6.75. The first-order valence-electron chi connectivity index (χ1n) is 5.25. The number of hydrogen-bond donors (Lipinski definition) is 0. The van der Waals surface area contributed by atoms with E-state index in [4.69, 9.17) is 9.47 Å². The minimum Gasteiger partial charge on any atom is -0.354 e. The lowest BCUT2D eigenvalue weighted by Crippen LogP contribution is -2.30. The van der Waals surface area contributed by atoms with Gasteiger partial charge in [-0.2, -0.15) is 4.31 Å². The van der Waals surface area contributed by atoms with Gasteiger partial charge in [0.15, 0.2) is 6.29 Å². The van der Waals surface area contributed by atoms with Gasteiger partial charge in [-0.15, -0.1) is 0 Å². The lowest BCUT2D eigenvalue weighted by atomic mass is 10.2. The van der Waals surface area contributed by atoms with Crippen LogP contribution < -0.4 is 0 Å². The molecule has 5 nitrogen and oxygen atoms in total. The summed E-state index contributed by atoms with van der Waals surface area (Å²) < 4.78 is 35.8. The molecule has 0 N–H and O–H groups in total. The third-order valence-corrected chi connectivity index (χ3v) is 4.48. The summed E-state index contributed by atoms with van der Waals surface area (Å²) in [5, 5.41) is 0. The summed E-state index contributed by atoms with van der Waals surface area (Å²) in [7, 11) is -1.98. The van der Waals surface area contributed by atoms with E-state index in [0.29, 0.717) is 0 Å². The smallest absolute Gasteiger partial charge is 0.245 e. The maximum atomic E-state index is 12.2. The maximum Gasteiger partial charge on any atom is 0.245 e. The third kappa shape index (κ3) is 2.50. The highest BCUT2D eigenvalue weighted by atomic mass is 32.2. The zero-order chi connectivity index (χ0) is 12.5. The van der Waals surface area contributed by atoms with Gasteiger partial charge in [0, 0.05) is 7.11 Å². The van der Waals surface area contributed by atoms with Crippen LogP contribution in [0.2, 0.25) is 0 Å². The van der Waals surface area contributed by atoms with E-state index in [-0.39, 0.29) is 18.2 Å². The van der Waals surface area contributed by atoms with Gasteiger partial charge in [-0.25, -0.2) is 8.42 Å². The van der Waals surface area contributed by atoms with Gasteiger partial charge >= 0.3 is 0 Å². The van der Waals surface area contributed by atoms with Gasteiger partial charge < -0.3 is 9.47 Å². The Hall–Kier alpha value is -0.950. The standard InChI is InChI=1S/C11H15NO4S/c1-9-3-5-10(6-4-9)17(13,14)12-7-11(15-2)16-8-12/h3-6,11H,7-8H2,1-2H3. The number of sulfonamides is 1. The van der Waals surface area contributed by atoms with Crippen LogP contribution in [0.5, 0.6) is 0 Å². The first-order valence-corrected chi connectivity index (χ1v) is 6.69. The van der Waals surface area contributed by atoms with Crippen molar-refractivity contribution >= 4 is 10.0 Å². The molecule has 1 heterocycles. The monoisotopic (exact) mass is 257 g/mol. The van der Waals surface area contributed by atoms with Gasteiger partial charge in [-0.05, 0) is 19.1 Å². The summed E-state index contributed by atoms with van der Waals surface area (Å²) in [4.78, 5) is 0.281. The summed E-state index contributed by atoms with van der Waals surface area (Å²) >= 11 is 0. The predicted molar refractivity (Wildman–Crippen MR) is 61.8 cm³/mol. The second kappa shape index (κ2) is 4.73. The predicted octanol–water partition coefficient (Wildman–Crippen LogP) is 0.946. The number of aryl methyl sites for hydroxylation is 1. The molecule has 1 saturated heterocycles. The van der Waals surface area contributed by atoms with Crippen LogP contribution in [-0.4, -0.2) is 39.4 Å². The van der Waals surface area contributed by atoms with Crippen molar-refractivity contribution in [1.29, 1.82) is 0 Å². The number of nitrogens with zero attached hydrogens (tertiary/aromatic N) is 1. The van der Waals surface area contributed by atoms with Gasteiger partial charge in [0.1, 0.15) is 6.73 Å². The van der Waals surface area contributed by atoms with E-state index in [1.807, 2.05) is 6.92 Å². The Labute approximate surface area is 101 Å². The second-order valence-electron chi connectivity index (χ2n) is 3.91. The molecule has 0 amide bonds. The van der Waals surface area contributed by atoms with Crippen LogP contribution in [0.4, 0.5) is 0 Å². The van der Waals surface area contributed by atoms with E-state index in [1.54, 1.807) is 24.3 Å². The van der Waals surface area contributed by atoms with Crippen LogP contribution >= 0.6 is 0 Å². The molecule has 1 atom stereocenters. The molecule has 2 rings (SSSR count). The quantitative estimate of drug-likeness (QED) is 0.809. The zero-order valence-corrected chi connectivity index (χ0v) is 10.6. The molecule has 0 aromatic heterocycles. The van der Waals surface area contributed by atoms with Crippen LogP contribution in [0.3, 0.4) is 0 Å². The van der Waals surface area contributed by atoms with Crippen molar-refractivity contribution in [1.82, 2.24) is 4.31 Å². The molecular formula is C11H15NO4S. The molecule has 1 aliphatic heterocycles. The Kier molecular flexibility index (Phi) is 3.48. The molecule has 94 valence electrons. The normalized spacial score (nSPS) is 21.9. The average molecular weight is 257 g/mol. The average Bonchev–Trinajstić information content (AvgIpc) is 2.78. The lowest BCUT2D eigenvalue weighted by Gasteiger charge is -2.14. The van der Waals surface area contributed by atoms with Crippen LogP contribution in [0, 0.1) is 6.92 Å². The Bertz CT molecular complexity index is 483. The van der Waals surface area contributed by atoms with E-state index >= 15 is 0 Å². The topological polar surface area (TPSA) is 55.8 Å². The minimum atomic E-state index is -3.47. The largest absolute Gasteiger partial charge is 0.354 e. The number of methoxy groups -OCH3 is 1. The maximum absolute atomic E-state index is 12.2. The number of hydrogen-bond acceptors (Lipinski definition) is 4. The summed E-state index contributed by atoms with van der Waals surface area (Å²) in [6.07, 6.45) is -0.477. The fraction of sp³-hybridized carbons (Fsp3) is 0.455. The number of benzene rings is 1. The molecule has 1 aromatic rings. The summed E-state index contributed by atoms with van der Waals surface area (Å²) in [5.41, 5.74) is 1.02. The molecule has 1 unspecified atom stereocenters. The first-order chi connectivity index (χ1) is 8.04. The van der Waals surface area contributed by atoms with Crippen LogP contribution in [0.1, 0.15) is 5.56 Å². The van der Waals surface area contributed by atoms with Crippen molar-refractivity contribution in [3.05, 3.63) is 29.8 Å². The van der Waals surface area contributed by atoms with Crippen molar-refractivity contribution in [2.75, 3.05) is 20.4 Å². The van der Waals surface area contributed by atoms with E-state index in [9.17, 15) is 8.42 Å². The van der Waals surface area contributed by atoms with E-state index in [2.05, 4.69) is 0 Å². The molecule has 6 heteroatoms. The van der Waals surface area contributed by atoms with Crippen LogP contribution in [0.15, 0.2) is 29.2 Å². The highest BCUT2D eigenvalue weighted by Gasteiger charge is 2.33. The van der Waals surface area contributed by atoms with Crippen molar-refractivity contribution in [2.45, 2.75) is 18.1 Å². The minimum absolute atomic E-state index is 0.0364. The summed E-state index contributed by atoms with van der Waals surface area (Å²) in [5.74, 6) is 0. The molecule has 0 radical (unpaired) electrons. The molecule has 17 heavy (non-hydrogen) atoms. The van der Waals surface area contributed by atoms with Crippen molar-refractivity contribution in [2.24, 2.45) is 0 Å². The molecular weight excluding hydrogens is 242 g/mol. The van der Waals surface area contributed by atoms with Crippen molar-refractivity contribution < 1.29 is 17.9 Å². The lowest BCUT2D eigenvalue weighted by molar-refractivity contribution is -0.0818. The molecule has 0 bridgehead atoms. The first kappa shape index (κ1) is 12.5. The van der Waals surface area contributed by atoms with Gasteiger partial charge in [-0.1, -0.05) is 17.7 Å². The Morgan fingerprint density at radius 3 is 2.53 bits per heavy atom. The fourth-order valence-electron chi connectivity index (χ4n) is 1.61. The van der Waals surface area contributed by atoms with Crippen LogP contribution in [0.25, 0.3) is 0 Å². The summed E-state index contributed by atoms with van der Waals surface area (Å²) in [6.45, 7) is 2.18. The Balaban J connectivity index is 2.22. The molecule has 1 aromatic carbocycles. The van der Waals surface area contributed by atoms with Crippen molar-refractivity contribution in [3.63, 3.8) is 0 Å². The molecule has 1 aliphatic rings. The third-order valence-electron chi connectivity index (χ3n) is 2.68. The van der Waals surface area contributed by atoms with Gasteiger partial charge in [-0.3, -0.25) is 0 Å². The van der Waals surface area contributed by atoms with Crippen molar-refractivity contribution in [3.8, 4) is 0 Å². The van der Waals surface area contributed by atoms with Gasteiger partial charge in [0.25, 0.3) is 0 Å². The molecule has 1 fully saturated rings. The van der Waals surface area contributed by atoms with Gasteiger partial charge in [0.2, 0.25) is 10.0 Å².